The molecular weight excluding hydrogens is 320 g/mol. The number of carbonyl (C=O) groups is 1. The Morgan fingerprint density at radius 2 is 1.67 bits per heavy atom. The van der Waals surface area contributed by atoms with E-state index in [0.717, 1.165) is 16.8 Å². The summed E-state index contributed by atoms with van der Waals surface area (Å²) >= 11 is 6.28. The molecular formula is C20H25ClN2O. The predicted molar refractivity (Wildman–Crippen MR) is 101 cm³/mol. The van der Waals surface area contributed by atoms with Crippen molar-refractivity contribution in [3.05, 3.63) is 58.4 Å². The lowest BCUT2D eigenvalue weighted by molar-refractivity contribution is 0.102. The largest absolute Gasteiger partial charge is 0.321 e. The Morgan fingerprint density at radius 1 is 1.00 bits per heavy atom. The van der Waals surface area contributed by atoms with Gasteiger partial charge in [0.05, 0.1) is 0 Å². The average molecular weight is 345 g/mol. The van der Waals surface area contributed by atoms with Crippen LogP contribution in [-0.4, -0.2) is 10.9 Å². The topological polar surface area (TPSA) is 42.0 Å². The van der Waals surface area contributed by atoms with Gasteiger partial charge in [-0.05, 0) is 52.3 Å². The van der Waals surface area contributed by atoms with E-state index in [4.69, 9.17) is 11.6 Å². The van der Waals surface area contributed by atoms with Crippen molar-refractivity contribution in [2.45, 2.75) is 52.4 Å². The van der Waals surface area contributed by atoms with E-state index in [1.54, 1.807) is 6.20 Å². The molecule has 0 atom stereocenters. The Balaban J connectivity index is 2.28. The number of amides is 1. The van der Waals surface area contributed by atoms with Crippen molar-refractivity contribution >= 4 is 23.2 Å². The number of nitrogens with zero attached hydrogens (tertiary/aromatic N) is 1. The SMILES string of the molecule is CC(C)(C)c1ccnc(C(=O)Nc2ccc(Cl)c(C(C)(C)C)c2)c1. The van der Waals surface area contributed by atoms with Crippen molar-refractivity contribution in [2.24, 2.45) is 0 Å². The van der Waals surface area contributed by atoms with E-state index >= 15 is 0 Å². The first kappa shape index (κ1) is 18.5. The molecule has 0 spiro atoms. The fraction of sp³-hybridized carbons (Fsp3) is 0.400. The summed E-state index contributed by atoms with van der Waals surface area (Å²) in [6.07, 6.45) is 1.68. The van der Waals surface area contributed by atoms with E-state index in [0.29, 0.717) is 10.7 Å². The maximum absolute atomic E-state index is 12.5. The number of carbonyl (C=O) groups excluding carboxylic acids is 1. The molecule has 1 amide bonds. The van der Waals surface area contributed by atoms with Crippen molar-refractivity contribution in [2.75, 3.05) is 5.32 Å². The van der Waals surface area contributed by atoms with Crippen LogP contribution in [0.4, 0.5) is 5.69 Å². The number of pyridine rings is 1. The van der Waals surface area contributed by atoms with Crippen molar-refractivity contribution in [1.82, 2.24) is 4.98 Å². The van der Waals surface area contributed by atoms with E-state index in [1.165, 1.54) is 0 Å². The van der Waals surface area contributed by atoms with Crippen LogP contribution in [0.2, 0.25) is 5.02 Å². The third-order valence-corrected chi connectivity index (χ3v) is 4.22. The fourth-order valence-corrected chi connectivity index (χ4v) is 2.80. The molecule has 0 aliphatic rings. The van der Waals surface area contributed by atoms with Crippen LogP contribution in [0, 0.1) is 0 Å². The summed E-state index contributed by atoms with van der Waals surface area (Å²) in [6, 6.07) is 9.33. The van der Waals surface area contributed by atoms with Gasteiger partial charge >= 0.3 is 0 Å². The summed E-state index contributed by atoms with van der Waals surface area (Å²) in [5.74, 6) is -0.219. The first-order valence-electron chi connectivity index (χ1n) is 8.06. The Morgan fingerprint density at radius 3 is 2.25 bits per heavy atom. The fourth-order valence-electron chi connectivity index (χ4n) is 2.39. The predicted octanol–water partition coefficient (Wildman–Crippen LogP) is 5.58. The molecule has 0 bridgehead atoms. The maximum atomic E-state index is 12.5. The number of benzene rings is 1. The van der Waals surface area contributed by atoms with Gasteiger partial charge in [-0.3, -0.25) is 9.78 Å². The second-order valence-electron chi connectivity index (χ2n) is 8.08. The number of aromatic nitrogens is 1. The Bertz CT molecular complexity index is 755. The highest BCUT2D eigenvalue weighted by atomic mass is 35.5. The van der Waals surface area contributed by atoms with Crippen molar-refractivity contribution in [3.63, 3.8) is 0 Å². The van der Waals surface area contributed by atoms with Crippen LogP contribution in [0.1, 0.15) is 63.2 Å². The summed E-state index contributed by atoms with van der Waals surface area (Å²) in [5.41, 5.74) is 3.08. The number of hydrogen-bond acceptors (Lipinski definition) is 2. The lowest BCUT2D eigenvalue weighted by Crippen LogP contribution is -2.18. The van der Waals surface area contributed by atoms with E-state index in [9.17, 15) is 4.79 Å². The van der Waals surface area contributed by atoms with Gasteiger partial charge in [0.2, 0.25) is 0 Å². The molecule has 0 aliphatic heterocycles. The quantitative estimate of drug-likeness (QED) is 0.772. The maximum Gasteiger partial charge on any atom is 0.274 e. The second-order valence-corrected chi connectivity index (χ2v) is 8.49. The standard InChI is InChI=1S/C20H25ClN2O/c1-19(2,3)13-9-10-22-17(11-13)18(24)23-14-7-8-16(21)15(12-14)20(4,5)6/h7-12H,1-6H3,(H,23,24). The normalized spacial score (nSPS) is 12.1. The molecule has 4 heteroatoms. The second kappa shape index (κ2) is 6.56. The molecule has 2 aromatic rings. The summed E-state index contributed by atoms with van der Waals surface area (Å²) in [4.78, 5) is 16.7. The van der Waals surface area contributed by atoms with Crippen molar-refractivity contribution in [1.29, 1.82) is 0 Å². The first-order valence-corrected chi connectivity index (χ1v) is 8.44. The molecule has 24 heavy (non-hydrogen) atoms. The molecule has 0 saturated heterocycles. The summed E-state index contributed by atoms with van der Waals surface area (Å²) in [6.45, 7) is 12.6. The van der Waals surface area contributed by atoms with Crippen LogP contribution >= 0.6 is 11.6 Å². The molecule has 0 saturated carbocycles. The number of halogens is 1. The van der Waals surface area contributed by atoms with Gasteiger partial charge in [-0.15, -0.1) is 0 Å². The summed E-state index contributed by atoms with van der Waals surface area (Å²) < 4.78 is 0. The molecule has 0 unspecified atom stereocenters. The highest BCUT2D eigenvalue weighted by Gasteiger charge is 2.19. The van der Waals surface area contributed by atoms with E-state index in [2.05, 4.69) is 51.8 Å². The van der Waals surface area contributed by atoms with Crippen molar-refractivity contribution < 1.29 is 4.79 Å². The first-order chi connectivity index (χ1) is 11.0. The van der Waals surface area contributed by atoms with Crippen LogP contribution in [0.25, 0.3) is 0 Å². The van der Waals surface area contributed by atoms with Gasteiger partial charge in [0, 0.05) is 16.9 Å². The van der Waals surface area contributed by atoms with Crippen LogP contribution < -0.4 is 5.32 Å². The summed E-state index contributed by atoms with van der Waals surface area (Å²) in [7, 11) is 0. The Labute approximate surface area is 149 Å². The minimum atomic E-state index is -0.219. The molecule has 1 heterocycles. The molecule has 1 aromatic carbocycles. The smallest absolute Gasteiger partial charge is 0.274 e. The molecule has 0 fully saturated rings. The zero-order valence-corrected chi connectivity index (χ0v) is 16.0. The zero-order valence-electron chi connectivity index (χ0n) is 15.2. The molecule has 2 rings (SSSR count). The minimum Gasteiger partial charge on any atom is -0.321 e. The average Bonchev–Trinajstić information content (AvgIpc) is 2.47. The van der Waals surface area contributed by atoms with Crippen LogP contribution in [0.15, 0.2) is 36.5 Å². The minimum absolute atomic E-state index is 0.0301. The van der Waals surface area contributed by atoms with Gasteiger partial charge < -0.3 is 5.32 Å². The van der Waals surface area contributed by atoms with Gasteiger partial charge in [-0.1, -0.05) is 53.1 Å². The van der Waals surface area contributed by atoms with E-state index in [1.807, 2.05) is 30.3 Å². The van der Waals surface area contributed by atoms with Crippen molar-refractivity contribution in [3.8, 4) is 0 Å². The number of rotatable bonds is 2. The number of anilines is 1. The lowest BCUT2D eigenvalue weighted by atomic mass is 9.86. The van der Waals surface area contributed by atoms with Crippen LogP contribution in [-0.2, 0) is 10.8 Å². The zero-order chi connectivity index (χ0) is 18.1. The third kappa shape index (κ3) is 4.35. The van der Waals surface area contributed by atoms with E-state index < -0.39 is 0 Å². The molecule has 1 N–H and O–H groups in total. The van der Waals surface area contributed by atoms with Crippen LogP contribution in [0.3, 0.4) is 0 Å². The Kier molecular flexibility index (Phi) is 5.05. The number of hydrogen-bond donors (Lipinski definition) is 1. The number of nitrogens with one attached hydrogen (secondary N) is 1. The molecule has 0 aliphatic carbocycles. The Hall–Kier alpha value is -1.87. The van der Waals surface area contributed by atoms with Gasteiger partial charge in [0.15, 0.2) is 0 Å². The van der Waals surface area contributed by atoms with Gasteiger partial charge in [0.1, 0.15) is 5.69 Å². The molecule has 1 aromatic heterocycles. The highest BCUT2D eigenvalue weighted by Crippen LogP contribution is 2.31. The van der Waals surface area contributed by atoms with Gasteiger partial charge in [-0.2, -0.15) is 0 Å². The van der Waals surface area contributed by atoms with Crippen LogP contribution in [0.5, 0.6) is 0 Å². The molecule has 128 valence electrons. The van der Waals surface area contributed by atoms with Gasteiger partial charge in [0.25, 0.3) is 5.91 Å². The van der Waals surface area contributed by atoms with Gasteiger partial charge in [-0.25, -0.2) is 0 Å². The summed E-state index contributed by atoms with van der Waals surface area (Å²) in [5, 5.41) is 3.62. The van der Waals surface area contributed by atoms with E-state index in [-0.39, 0.29) is 16.7 Å². The lowest BCUT2D eigenvalue weighted by Gasteiger charge is -2.22. The molecule has 3 nitrogen and oxygen atoms in total. The third-order valence-electron chi connectivity index (χ3n) is 3.89. The monoisotopic (exact) mass is 344 g/mol. The highest BCUT2D eigenvalue weighted by molar-refractivity contribution is 6.31. The molecule has 0 radical (unpaired) electrons.